The molecule has 0 saturated heterocycles. The number of para-hydroxylation sites is 1. The highest BCUT2D eigenvalue weighted by atomic mass is 19.1. The van der Waals surface area contributed by atoms with Gasteiger partial charge in [-0.25, -0.2) is 8.78 Å². The van der Waals surface area contributed by atoms with E-state index >= 15 is 0 Å². The molecule has 0 radical (unpaired) electrons. The molecule has 0 atom stereocenters. The molecule has 1 heterocycles. The highest BCUT2D eigenvalue weighted by molar-refractivity contribution is 5.59. The molecule has 0 aliphatic carbocycles. The van der Waals surface area contributed by atoms with Gasteiger partial charge in [0, 0.05) is 17.3 Å². The molecule has 1 aromatic heterocycles. The van der Waals surface area contributed by atoms with Crippen molar-refractivity contribution < 1.29 is 13.9 Å². The van der Waals surface area contributed by atoms with Crippen LogP contribution in [-0.2, 0) is 6.61 Å². The van der Waals surface area contributed by atoms with Gasteiger partial charge in [0.1, 0.15) is 18.2 Å². The van der Waals surface area contributed by atoms with E-state index in [0.29, 0.717) is 11.5 Å². The SMILES string of the molecule is OCc1nnc(-c2cc(F)cc(F)c2)n1-c1ccccc1. The van der Waals surface area contributed by atoms with Crippen LogP contribution in [0.5, 0.6) is 0 Å². The minimum atomic E-state index is -0.696. The molecule has 106 valence electrons. The molecule has 0 fully saturated rings. The van der Waals surface area contributed by atoms with Gasteiger partial charge in [-0.2, -0.15) is 0 Å². The Morgan fingerprint density at radius 3 is 2.24 bits per heavy atom. The van der Waals surface area contributed by atoms with E-state index < -0.39 is 11.6 Å². The fraction of sp³-hybridized carbons (Fsp3) is 0.0667. The van der Waals surface area contributed by atoms with Crippen LogP contribution in [0.1, 0.15) is 5.82 Å². The minimum Gasteiger partial charge on any atom is -0.388 e. The molecule has 0 amide bonds. The monoisotopic (exact) mass is 287 g/mol. The molecule has 0 spiro atoms. The third kappa shape index (κ3) is 2.53. The first kappa shape index (κ1) is 13.4. The summed E-state index contributed by atoms with van der Waals surface area (Å²) in [5, 5.41) is 17.2. The number of hydrogen-bond acceptors (Lipinski definition) is 3. The van der Waals surface area contributed by atoms with E-state index in [1.165, 1.54) is 12.1 Å². The average Bonchev–Trinajstić information content (AvgIpc) is 2.91. The summed E-state index contributed by atoms with van der Waals surface area (Å²) in [6.45, 7) is -0.334. The molecule has 6 heteroatoms. The number of halogens is 2. The van der Waals surface area contributed by atoms with Crippen LogP contribution in [0.3, 0.4) is 0 Å². The van der Waals surface area contributed by atoms with Crippen LogP contribution in [0.25, 0.3) is 17.1 Å². The quantitative estimate of drug-likeness (QED) is 0.805. The highest BCUT2D eigenvalue weighted by Gasteiger charge is 2.16. The van der Waals surface area contributed by atoms with Crippen molar-refractivity contribution in [3.8, 4) is 17.1 Å². The smallest absolute Gasteiger partial charge is 0.168 e. The first-order valence-corrected chi connectivity index (χ1v) is 6.26. The summed E-state index contributed by atoms with van der Waals surface area (Å²) in [5.41, 5.74) is 0.953. The Balaban J connectivity index is 2.22. The maximum Gasteiger partial charge on any atom is 0.168 e. The molecule has 4 nitrogen and oxygen atoms in total. The van der Waals surface area contributed by atoms with E-state index in [1.807, 2.05) is 18.2 Å². The second kappa shape index (κ2) is 5.41. The van der Waals surface area contributed by atoms with E-state index in [-0.39, 0.29) is 18.0 Å². The lowest BCUT2D eigenvalue weighted by molar-refractivity contribution is 0.269. The van der Waals surface area contributed by atoms with Gasteiger partial charge in [-0.3, -0.25) is 4.57 Å². The molecule has 3 aromatic rings. The number of aromatic nitrogens is 3. The highest BCUT2D eigenvalue weighted by Crippen LogP contribution is 2.24. The lowest BCUT2D eigenvalue weighted by Gasteiger charge is -2.09. The minimum absolute atomic E-state index is 0.253. The summed E-state index contributed by atoms with van der Waals surface area (Å²) in [7, 11) is 0. The van der Waals surface area contributed by atoms with Gasteiger partial charge in [0.05, 0.1) is 0 Å². The van der Waals surface area contributed by atoms with Crippen LogP contribution >= 0.6 is 0 Å². The van der Waals surface area contributed by atoms with Crippen molar-refractivity contribution in [3.63, 3.8) is 0 Å². The average molecular weight is 287 g/mol. The second-order valence-corrected chi connectivity index (χ2v) is 4.43. The van der Waals surface area contributed by atoms with E-state index in [0.717, 1.165) is 6.07 Å². The number of nitrogens with zero attached hydrogens (tertiary/aromatic N) is 3. The van der Waals surface area contributed by atoms with Crippen molar-refractivity contribution in [1.29, 1.82) is 0 Å². The van der Waals surface area contributed by atoms with E-state index in [4.69, 9.17) is 0 Å². The Morgan fingerprint density at radius 2 is 1.62 bits per heavy atom. The van der Waals surface area contributed by atoms with Gasteiger partial charge in [-0.05, 0) is 24.3 Å². The Kier molecular flexibility index (Phi) is 3.45. The van der Waals surface area contributed by atoms with Crippen LogP contribution in [-0.4, -0.2) is 19.9 Å². The van der Waals surface area contributed by atoms with Gasteiger partial charge in [-0.1, -0.05) is 18.2 Å². The largest absolute Gasteiger partial charge is 0.388 e. The molecule has 0 saturated carbocycles. The maximum absolute atomic E-state index is 13.4. The molecule has 21 heavy (non-hydrogen) atoms. The van der Waals surface area contributed by atoms with Gasteiger partial charge in [-0.15, -0.1) is 10.2 Å². The summed E-state index contributed by atoms with van der Waals surface area (Å²) < 4.78 is 28.3. The molecule has 2 aromatic carbocycles. The van der Waals surface area contributed by atoms with Crippen molar-refractivity contribution in [1.82, 2.24) is 14.8 Å². The molecule has 0 aliphatic rings. The van der Waals surface area contributed by atoms with Crippen molar-refractivity contribution in [3.05, 3.63) is 66.0 Å². The van der Waals surface area contributed by atoms with Crippen LogP contribution in [0.15, 0.2) is 48.5 Å². The fourth-order valence-electron chi connectivity index (χ4n) is 2.14. The lowest BCUT2D eigenvalue weighted by atomic mass is 10.2. The van der Waals surface area contributed by atoms with Crippen molar-refractivity contribution >= 4 is 0 Å². The van der Waals surface area contributed by atoms with E-state index in [1.54, 1.807) is 16.7 Å². The predicted molar refractivity (Wildman–Crippen MR) is 72.6 cm³/mol. The molecule has 0 bridgehead atoms. The number of hydrogen-bond donors (Lipinski definition) is 1. The Bertz CT molecular complexity index is 752. The lowest BCUT2D eigenvalue weighted by Crippen LogP contribution is -2.03. The fourth-order valence-corrected chi connectivity index (χ4v) is 2.14. The van der Waals surface area contributed by atoms with Gasteiger partial charge in [0.25, 0.3) is 0 Å². The molecule has 0 unspecified atom stereocenters. The zero-order chi connectivity index (χ0) is 14.8. The molecule has 1 N–H and O–H groups in total. The predicted octanol–water partition coefficient (Wildman–Crippen LogP) is 2.70. The number of aliphatic hydroxyl groups excluding tert-OH is 1. The van der Waals surface area contributed by atoms with Gasteiger partial charge < -0.3 is 5.11 Å². The van der Waals surface area contributed by atoms with E-state index in [9.17, 15) is 13.9 Å². The van der Waals surface area contributed by atoms with Gasteiger partial charge in [0.2, 0.25) is 0 Å². The summed E-state index contributed by atoms with van der Waals surface area (Å²) in [6, 6.07) is 12.2. The zero-order valence-corrected chi connectivity index (χ0v) is 10.9. The van der Waals surface area contributed by atoms with Gasteiger partial charge in [0.15, 0.2) is 11.6 Å². The standard InChI is InChI=1S/C15H11F2N3O/c16-11-6-10(7-12(17)8-11)15-19-18-14(9-21)20(15)13-4-2-1-3-5-13/h1-8,21H,9H2. The van der Waals surface area contributed by atoms with Crippen molar-refractivity contribution in [2.24, 2.45) is 0 Å². The Labute approximate surface area is 119 Å². The summed E-state index contributed by atoms with van der Waals surface area (Å²) in [6.07, 6.45) is 0. The second-order valence-electron chi connectivity index (χ2n) is 4.43. The molecule has 3 rings (SSSR count). The van der Waals surface area contributed by atoms with Crippen LogP contribution < -0.4 is 0 Å². The first-order chi connectivity index (χ1) is 10.2. The summed E-state index contributed by atoms with van der Waals surface area (Å²) in [5.74, 6) is -0.833. The first-order valence-electron chi connectivity index (χ1n) is 6.26. The van der Waals surface area contributed by atoms with Crippen LogP contribution in [0, 0.1) is 11.6 Å². The number of aliphatic hydroxyl groups is 1. The number of benzene rings is 2. The third-order valence-corrected chi connectivity index (χ3v) is 3.01. The van der Waals surface area contributed by atoms with Crippen molar-refractivity contribution in [2.45, 2.75) is 6.61 Å². The maximum atomic E-state index is 13.4. The normalized spacial score (nSPS) is 10.8. The summed E-state index contributed by atoms with van der Waals surface area (Å²) in [4.78, 5) is 0. The topological polar surface area (TPSA) is 50.9 Å². The van der Waals surface area contributed by atoms with Gasteiger partial charge >= 0.3 is 0 Å². The number of rotatable bonds is 3. The Hall–Kier alpha value is -2.60. The van der Waals surface area contributed by atoms with Crippen LogP contribution in [0.4, 0.5) is 8.78 Å². The zero-order valence-electron chi connectivity index (χ0n) is 10.9. The summed E-state index contributed by atoms with van der Waals surface area (Å²) >= 11 is 0. The molecular weight excluding hydrogens is 276 g/mol. The Morgan fingerprint density at radius 1 is 0.952 bits per heavy atom. The van der Waals surface area contributed by atoms with Crippen LogP contribution in [0.2, 0.25) is 0 Å². The third-order valence-electron chi connectivity index (χ3n) is 3.01. The van der Waals surface area contributed by atoms with E-state index in [2.05, 4.69) is 10.2 Å². The molecular formula is C15H11F2N3O. The molecule has 0 aliphatic heterocycles. The van der Waals surface area contributed by atoms with Crippen molar-refractivity contribution in [2.75, 3.05) is 0 Å².